The number of rotatable bonds is 7. The first kappa shape index (κ1) is 29.8. The second kappa shape index (κ2) is 12.4. The van der Waals surface area contributed by atoms with E-state index in [0.717, 1.165) is 39.7 Å². The molecular formula is C37H36ClN3O3. The van der Waals surface area contributed by atoms with Gasteiger partial charge in [0.15, 0.2) is 0 Å². The first-order chi connectivity index (χ1) is 21.2. The third-order valence-corrected chi connectivity index (χ3v) is 9.35. The number of pyridine rings is 1. The van der Waals surface area contributed by atoms with Crippen molar-refractivity contribution in [3.63, 3.8) is 0 Å². The molecule has 44 heavy (non-hydrogen) atoms. The molecule has 6 nitrogen and oxygen atoms in total. The molecule has 1 aliphatic carbocycles. The zero-order valence-electron chi connectivity index (χ0n) is 25.2. The number of para-hydroxylation sites is 1. The summed E-state index contributed by atoms with van der Waals surface area (Å²) in [5.74, 6) is -1.44. The average Bonchev–Trinajstić information content (AvgIpc) is 3.39. The van der Waals surface area contributed by atoms with Crippen molar-refractivity contribution in [1.82, 2.24) is 9.55 Å². The van der Waals surface area contributed by atoms with Crippen LogP contribution in [0.25, 0.3) is 21.8 Å². The molecule has 1 aliphatic rings. The molecule has 224 valence electrons. The van der Waals surface area contributed by atoms with Crippen LogP contribution in [0.5, 0.6) is 0 Å². The zero-order chi connectivity index (χ0) is 31.0. The molecule has 2 amide bonds. The highest BCUT2D eigenvalue weighted by molar-refractivity contribution is 6.52. The van der Waals surface area contributed by atoms with Crippen molar-refractivity contribution in [2.75, 3.05) is 4.90 Å². The fourth-order valence-corrected chi connectivity index (χ4v) is 6.89. The number of carbonyl (C=O) groups is 3. The van der Waals surface area contributed by atoms with Crippen LogP contribution in [-0.4, -0.2) is 27.1 Å². The molecule has 1 fully saturated rings. The molecular weight excluding hydrogens is 570 g/mol. The van der Waals surface area contributed by atoms with Crippen LogP contribution in [0.15, 0.2) is 91.3 Å². The Hall–Kier alpha value is -4.29. The van der Waals surface area contributed by atoms with E-state index in [4.69, 9.17) is 11.6 Å². The number of halogens is 1. The summed E-state index contributed by atoms with van der Waals surface area (Å²) in [6, 6.07) is 24.1. The van der Waals surface area contributed by atoms with Gasteiger partial charge in [-0.1, -0.05) is 75.2 Å². The SMILES string of the molecule is CC1CCC(C(C)C)C(C(=O)N(C(=O)C(=O)c2cn(Cc3ccc(Cl)cc3)c3ccccc23)c2ccc3ncccc3c2)C1. The number of hydrogen-bond acceptors (Lipinski definition) is 4. The van der Waals surface area contributed by atoms with Crippen LogP contribution >= 0.6 is 11.6 Å². The van der Waals surface area contributed by atoms with Gasteiger partial charge < -0.3 is 4.57 Å². The lowest BCUT2D eigenvalue weighted by molar-refractivity contribution is -0.130. The third-order valence-electron chi connectivity index (χ3n) is 9.10. The smallest absolute Gasteiger partial charge is 0.306 e. The number of ketones is 1. The van der Waals surface area contributed by atoms with E-state index in [-0.39, 0.29) is 29.2 Å². The Morgan fingerprint density at radius 2 is 1.75 bits per heavy atom. The fourth-order valence-electron chi connectivity index (χ4n) is 6.76. The number of imide groups is 1. The molecule has 2 heterocycles. The average molecular weight is 606 g/mol. The molecule has 0 radical (unpaired) electrons. The van der Waals surface area contributed by atoms with Gasteiger partial charge in [-0.25, -0.2) is 4.90 Å². The number of carbonyl (C=O) groups excluding carboxylic acids is 3. The van der Waals surface area contributed by atoms with E-state index < -0.39 is 11.7 Å². The lowest BCUT2D eigenvalue weighted by Gasteiger charge is -2.38. The van der Waals surface area contributed by atoms with Crippen LogP contribution in [0.4, 0.5) is 5.69 Å². The minimum absolute atomic E-state index is 0.132. The topological polar surface area (TPSA) is 72.3 Å². The lowest BCUT2D eigenvalue weighted by atomic mass is 9.69. The van der Waals surface area contributed by atoms with E-state index in [2.05, 4.69) is 25.8 Å². The van der Waals surface area contributed by atoms with Gasteiger partial charge in [-0.2, -0.15) is 0 Å². The number of nitrogens with zero attached hydrogens (tertiary/aromatic N) is 3. The number of hydrogen-bond donors (Lipinski definition) is 0. The van der Waals surface area contributed by atoms with Crippen LogP contribution in [-0.2, 0) is 16.1 Å². The van der Waals surface area contributed by atoms with Crippen LogP contribution < -0.4 is 4.90 Å². The molecule has 0 spiro atoms. The van der Waals surface area contributed by atoms with Crippen molar-refractivity contribution >= 4 is 56.7 Å². The maximum Gasteiger partial charge on any atom is 0.306 e. The Bertz CT molecular complexity index is 1860. The maximum absolute atomic E-state index is 14.5. The number of anilines is 1. The number of aromatic nitrogens is 2. The number of fused-ring (bicyclic) bond motifs is 2. The number of benzene rings is 3. The summed E-state index contributed by atoms with van der Waals surface area (Å²) in [5.41, 5.74) is 3.25. The van der Waals surface area contributed by atoms with Gasteiger partial charge in [-0.05, 0) is 78.6 Å². The minimum Gasteiger partial charge on any atom is -0.342 e. The van der Waals surface area contributed by atoms with Crippen molar-refractivity contribution in [1.29, 1.82) is 0 Å². The van der Waals surface area contributed by atoms with Crippen molar-refractivity contribution in [2.24, 2.45) is 23.7 Å². The summed E-state index contributed by atoms with van der Waals surface area (Å²) >= 11 is 6.09. The van der Waals surface area contributed by atoms with Gasteiger partial charge in [0.05, 0.1) is 16.8 Å². The van der Waals surface area contributed by atoms with E-state index in [1.54, 1.807) is 30.6 Å². The van der Waals surface area contributed by atoms with Gasteiger partial charge in [-0.15, -0.1) is 0 Å². The molecule has 5 aromatic rings. The van der Waals surface area contributed by atoms with Crippen LogP contribution in [0, 0.1) is 23.7 Å². The first-order valence-corrected chi connectivity index (χ1v) is 15.7. The van der Waals surface area contributed by atoms with Crippen LogP contribution in [0.1, 0.15) is 56.0 Å². The quantitative estimate of drug-likeness (QED) is 0.138. The van der Waals surface area contributed by atoms with Crippen LogP contribution in [0.3, 0.4) is 0 Å². The third kappa shape index (κ3) is 5.79. The Morgan fingerprint density at radius 1 is 0.977 bits per heavy atom. The van der Waals surface area contributed by atoms with E-state index in [0.29, 0.717) is 35.0 Å². The highest BCUT2D eigenvalue weighted by atomic mass is 35.5. The monoisotopic (exact) mass is 605 g/mol. The summed E-state index contributed by atoms with van der Waals surface area (Å²) < 4.78 is 1.96. The van der Waals surface area contributed by atoms with Gasteiger partial charge in [0.2, 0.25) is 5.91 Å². The van der Waals surface area contributed by atoms with Gasteiger partial charge in [0.25, 0.3) is 5.78 Å². The molecule has 3 aromatic carbocycles. The minimum atomic E-state index is -0.839. The molecule has 6 rings (SSSR count). The van der Waals surface area contributed by atoms with Gasteiger partial charge >= 0.3 is 5.91 Å². The fraction of sp³-hybridized carbons (Fsp3) is 0.297. The first-order valence-electron chi connectivity index (χ1n) is 15.3. The van der Waals surface area contributed by atoms with E-state index in [9.17, 15) is 14.4 Å². The molecule has 3 unspecified atom stereocenters. The molecule has 7 heteroatoms. The van der Waals surface area contributed by atoms with E-state index in [1.807, 2.05) is 65.2 Å². The van der Waals surface area contributed by atoms with Gasteiger partial charge in [-0.3, -0.25) is 19.4 Å². The summed E-state index contributed by atoms with van der Waals surface area (Å²) in [6.07, 6.45) is 6.09. The van der Waals surface area contributed by atoms with Gasteiger partial charge in [0.1, 0.15) is 0 Å². The zero-order valence-corrected chi connectivity index (χ0v) is 26.0. The Kier molecular flexibility index (Phi) is 8.37. The van der Waals surface area contributed by atoms with E-state index >= 15 is 0 Å². The standard InChI is InChI=1S/C37H36ClN3O3/c1-23(2)29-16-10-24(3)19-31(29)36(43)41(28-15-17-33-26(20-28)7-6-18-39-33)37(44)35(42)32-22-40(34-9-5-4-8-30(32)34)21-25-11-13-27(38)14-12-25/h4-9,11-15,17-18,20,22-24,29,31H,10,16,19,21H2,1-3H3. The summed E-state index contributed by atoms with van der Waals surface area (Å²) in [4.78, 5) is 48.7. The molecule has 0 N–H and O–H groups in total. The molecule has 0 saturated heterocycles. The summed E-state index contributed by atoms with van der Waals surface area (Å²) in [6.45, 7) is 6.92. The Morgan fingerprint density at radius 3 is 2.52 bits per heavy atom. The maximum atomic E-state index is 14.5. The number of amides is 2. The van der Waals surface area contributed by atoms with Crippen molar-refractivity contribution < 1.29 is 14.4 Å². The molecule has 0 bridgehead atoms. The predicted octanol–water partition coefficient (Wildman–Crippen LogP) is 8.34. The van der Waals surface area contributed by atoms with Crippen LogP contribution in [0.2, 0.25) is 5.02 Å². The summed E-state index contributed by atoms with van der Waals surface area (Å²) in [5, 5.41) is 2.11. The summed E-state index contributed by atoms with van der Waals surface area (Å²) in [7, 11) is 0. The second-order valence-electron chi connectivity index (χ2n) is 12.4. The highest BCUT2D eigenvalue weighted by Gasteiger charge is 2.41. The molecule has 1 saturated carbocycles. The Labute approximate surface area is 262 Å². The van der Waals surface area contributed by atoms with Crippen molar-refractivity contribution in [3.05, 3.63) is 107 Å². The Balaban J connectivity index is 1.42. The molecule has 2 aromatic heterocycles. The van der Waals surface area contributed by atoms with Crippen molar-refractivity contribution in [3.8, 4) is 0 Å². The number of Topliss-reactive ketones (excluding diaryl/α,β-unsaturated/α-hetero) is 1. The van der Waals surface area contributed by atoms with Crippen molar-refractivity contribution in [2.45, 2.75) is 46.6 Å². The highest BCUT2D eigenvalue weighted by Crippen LogP contribution is 2.40. The van der Waals surface area contributed by atoms with Gasteiger partial charge in [0, 0.05) is 46.2 Å². The molecule has 0 aliphatic heterocycles. The molecule has 3 atom stereocenters. The lowest BCUT2D eigenvalue weighted by Crippen LogP contribution is -2.48. The largest absolute Gasteiger partial charge is 0.342 e. The second-order valence-corrected chi connectivity index (χ2v) is 12.9. The van der Waals surface area contributed by atoms with E-state index in [1.165, 1.54) is 0 Å². The predicted molar refractivity (Wildman–Crippen MR) is 176 cm³/mol. The normalized spacial score (nSPS) is 18.5.